The summed E-state index contributed by atoms with van der Waals surface area (Å²) in [6, 6.07) is 14.8. The lowest BCUT2D eigenvalue weighted by Gasteiger charge is -2.37. The summed E-state index contributed by atoms with van der Waals surface area (Å²) in [5.41, 5.74) is 3.43. The van der Waals surface area contributed by atoms with Gasteiger partial charge in [0.2, 0.25) is 0 Å². The number of hydrogen-bond donors (Lipinski definition) is 1. The van der Waals surface area contributed by atoms with E-state index in [0.29, 0.717) is 23.9 Å². The zero-order chi connectivity index (χ0) is 20.6. The van der Waals surface area contributed by atoms with Crippen LogP contribution in [-0.4, -0.2) is 42.8 Å². The maximum atomic E-state index is 13.0. The van der Waals surface area contributed by atoms with E-state index >= 15 is 0 Å². The first-order valence-electron chi connectivity index (χ1n) is 10.6. The molecule has 1 atom stereocenters. The van der Waals surface area contributed by atoms with Crippen LogP contribution < -0.4 is 10.1 Å². The molecule has 1 amide bonds. The standard InChI is InChI=1S/C24H32N2O2S/c1-4-6-13-26-17-19-10-8-7-9-18(19)14-20(26)16-25-24(27)22-15-21(29-5-2)11-12-23(22)28-3/h7-12,15,20H,4-6,13-14,16-17H2,1-3H3,(H,25,27)/t20-/m0/s1. The van der Waals surface area contributed by atoms with Gasteiger partial charge in [-0.15, -0.1) is 11.8 Å². The topological polar surface area (TPSA) is 41.6 Å². The number of methoxy groups -OCH3 is 1. The maximum Gasteiger partial charge on any atom is 0.255 e. The molecule has 3 rings (SSSR count). The molecular formula is C24H32N2O2S. The number of fused-ring (bicyclic) bond motifs is 1. The van der Waals surface area contributed by atoms with Gasteiger partial charge in [-0.1, -0.05) is 44.5 Å². The lowest BCUT2D eigenvalue weighted by Crippen LogP contribution is -2.47. The number of carbonyl (C=O) groups is 1. The van der Waals surface area contributed by atoms with Crippen LogP contribution in [0.25, 0.3) is 0 Å². The predicted molar refractivity (Wildman–Crippen MR) is 121 cm³/mol. The van der Waals surface area contributed by atoms with E-state index in [4.69, 9.17) is 4.74 Å². The molecule has 0 aliphatic carbocycles. The predicted octanol–water partition coefficient (Wildman–Crippen LogP) is 4.76. The maximum absolute atomic E-state index is 13.0. The minimum Gasteiger partial charge on any atom is -0.496 e. The van der Waals surface area contributed by atoms with E-state index in [1.165, 1.54) is 24.0 Å². The molecule has 1 N–H and O–H groups in total. The minimum atomic E-state index is -0.0605. The first kappa shape index (κ1) is 21.7. The molecule has 4 nitrogen and oxygen atoms in total. The molecule has 1 aliphatic heterocycles. The lowest BCUT2D eigenvalue weighted by atomic mass is 9.93. The first-order chi connectivity index (χ1) is 14.2. The highest BCUT2D eigenvalue weighted by atomic mass is 32.2. The second kappa shape index (κ2) is 10.7. The Labute approximate surface area is 179 Å². The van der Waals surface area contributed by atoms with Gasteiger partial charge in [-0.3, -0.25) is 9.69 Å². The van der Waals surface area contributed by atoms with E-state index in [0.717, 1.165) is 30.2 Å². The second-order valence-corrected chi connectivity index (χ2v) is 8.79. The summed E-state index contributed by atoms with van der Waals surface area (Å²) in [4.78, 5) is 16.6. The molecule has 0 bridgehead atoms. The Morgan fingerprint density at radius 3 is 2.72 bits per heavy atom. The van der Waals surface area contributed by atoms with Crippen molar-refractivity contribution >= 4 is 17.7 Å². The van der Waals surface area contributed by atoms with Crippen LogP contribution in [0.1, 0.15) is 48.2 Å². The fourth-order valence-electron chi connectivity index (χ4n) is 3.89. The van der Waals surface area contributed by atoms with Gasteiger partial charge in [-0.2, -0.15) is 0 Å². The Morgan fingerprint density at radius 1 is 1.21 bits per heavy atom. The monoisotopic (exact) mass is 412 g/mol. The van der Waals surface area contributed by atoms with Crippen molar-refractivity contribution in [1.82, 2.24) is 10.2 Å². The van der Waals surface area contributed by atoms with Crippen LogP contribution >= 0.6 is 11.8 Å². The van der Waals surface area contributed by atoms with Gasteiger partial charge in [0.25, 0.3) is 5.91 Å². The lowest BCUT2D eigenvalue weighted by molar-refractivity contribution is 0.0921. The van der Waals surface area contributed by atoms with Crippen LogP contribution in [-0.2, 0) is 13.0 Å². The van der Waals surface area contributed by atoms with Crippen molar-refractivity contribution in [2.24, 2.45) is 0 Å². The Morgan fingerprint density at radius 2 is 2.00 bits per heavy atom. The molecule has 156 valence electrons. The summed E-state index contributed by atoms with van der Waals surface area (Å²) in [6.45, 7) is 7.01. The first-order valence-corrected chi connectivity index (χ1v) is 11.5. The SMILES string of the molecule is CCCCN1Cc2ccccc2C[C@H]1CNC(=O)c1cc(SCC)ccc1OC. The third kappa shape index (κ3) is 5.55. The average molecular weight is 413 g/mol. The molecule has 0 spiro atoms. The molecule has 0 fully saturated rings. The molecule has 1 aliphatic rings. The third-order valence-corrected chi connectivity index (χ3v) is 6.36. The average Bonchev–Trinajstić information content (AvgIpc) is 2.75. The molecule has 0 unspecified atom stereocenters. The van der Waals surface area contributed by atoms with Gasteiger partial charge < -0.3 is 10.1 Å². The number of rotatable bonds is 9. The third-order valence-electron chi connectivity index (χ3n) is 5.49. The zero-order valence-electron chi connectivity index (χ0n) is 17.7. The van der Waals surface area contributed by atoms with E-state index in [-0.39, 0.29) is 5.91 Å². The number of nitrogens with zero attached hydrogens (tertiary/aromatic N) is 1. The Bertz CT molecular complexity index is 824. The van der Waals surface area contributed by atoms with Gasteiger partial charge in [0.15, 0.2) is 0 Å². The highest BCUT2D eigenvalue weighted by Gasteiger charge is 2.26. The van der Waals surface area contributed by atoms with Crippen molar-refractivity contribution in [1.29, 1.82) is 0 Å². The molecule has 0 saturated heterocycles. The van der Waals surface area contributed by atoms with Crippen molar-refractivity contribution in [2.45, 2.75) is 50.6 Å². The van der Waals surface area contributed by atoms with Gasteiger partial charge in [-0.25, -0.2) is 0 Å². The number of thioether (sulfide) groups is 1. The highest BCUT2D eigenvalue weighted by molar-refractivity contribution is 7.99. The summed E-state index contributed by atoms with van der Waals surface area (Å²) >= 11 is 1.73. The van der Waals surface area contributed by atoms with Crippen molar-refractivity contribution in [3.63, 3.8) is 0 Å². The smallest absolute Gasteiger partial charge is 0.255 e. The number of nitrogens with one attached hydrogen (secondary N) is 1. The largest absolute Gasteiger partial charge is 0.496 e. The molecule has 29 heavy (non-hydrogen) atoms. The summed E-state index contributed by atoms with van der Waals surface area (Å²) in [6.07, 6.45) is 3.33. The summed E-state index contributed by atoms with van der Waals surface area (Å²) in [7, 11) is 1.61. The molecule has 2 aromatic rings. The van der Waals surface area contributed by atoms with Gasteiger partial charge in [0, 0.05) is 24.0 Å². The van der Waals surface area contributed by atoms with E-state index in [1.807, 2.05) is 18.2 Å². The van der Waals surface area contributed by atoms with Gasteiger partial charge in [0.05, 0.1) is 12.7 Å². The van der Waals surface area contributed by atoms with Crippen molar-refractivity contribution < 1.29 is 9.53 Å². The van der Waals surface area contributed by atoms with Gasteiger partial charge >= 0.3 is 0 Å². The Balaban J connectivity index is 1.71. The Hall–Kier alpha value is -1.98. The Kier molecular flexibility index (Phi) is 8.01. The van der Waals surface area contributed by atoms with Gasteiger partial charge in [-0.05, 0) is 54.5 Å². The molecule has 0 aromatic heterocycles. The van der Waals surface area contributed by atoms with Crippen molar-refractivity contribution in [3.05, 3.63) is 59.2 Å². The van der Waals surface area contributed by atoms with E-state index in [9.17, 15) is 4.79 Å². The number of unbranched alkanes of at least 4 members (excludes halogenated alkanes) is 1. The number of benzene rings is 2. The van der Waals surface area contributed by atoms with Gasteiger partial charge in [0.1, 0.15) is 5.75 Å². The molecule has 5 heteroatoms. The normalized spacial score (nSPS) is 16.3. The zero-order valence-corrected chi connectivity index (χ0v) is 18.6. The summed E-state index contributed by atoms with van der Waals surface area (Å²) in [5.74, 6) is 1.54. The van der Waals surface area contributed by atoms with Crippen LogP contribution in [0.3, 0.4) is 0 Å². The number of amides is 1. The fraction of sp³-hybridized carbons (Fsp3) is 0.458. The highest BCUT2D eigenvalue weighted by Crippen LogP contribution is 2.27. The van der Waals surface area contributed by atoms with Crippen LogP contribution in [0, 0.1) is 0 Å². The number of hydrogen-bond acceptors (Lipinski definition) is 4. The van der Waals surface area contributed by atoms with Crippen molar-refractivity contribution in [3.8, 4) is 5.75 Å². The summed E-state index contributed by atoms with van der Waals surface area (Å²) in [5, 5.41) is 3.18. The fourth-order valence-corrected chi connectivity index (χ4v) is 4.59. The molecule has 0 saturated carbocycles. The van der Waals surface area contributed by atoms with Crippen molar-refractivity contribution in [2.75, 3.05) is 26.0 Å². The molecule has 2 aromatic carbocycles. The quantitative estimate of drug-likeness (QED) is 0.603. The van der Waals surface area contributed by atoms with Crippen LogP contribution in [0.4, 0.5) is 0 Å². The molecule has 0 radical (unpaired) electrons. The number of carbonyl (C=O) groups excluding carboxylic acids is 1. The van der Waals surface area contributed by atoms with Crippen LogP contribution in [0.2, 0.25) is 0 Å². The van der Waals surface area contributed by atoms with Crippen LogP contribution in [0.15, 0.2) is 47.4 Å². The number of ether oxygens (including phenoxy) is 1. The minimum absolute atomic E-state index is 0.0605. The second-order valence-electron chi connectivity index (χ2n) is 7.46. The molecular weight excluding hydrogens is 380 g/mol. The van der Waals surface area contributed by atoms with E-state index in [1.54, 1.807) is 18.9 Å². The molecule has 1 heterocycles. The van der Waals surface area contributed by atoms with Crippen LogP contribution in [0.5, 0.6) is 5.75 Å². The summed E-state index contributed by atoms with van der Waals surface area (Å²) < 4.78 is 5.43. The van der Waals surface area contributed by atoms with E-state index < -0.39 is 0 Å². The van der Waals surface area contributed by atoms with E-state index in [2.05, 4.69) is 48.3 Å².